The molecule has 2 heterocycles. The van der Waals surface area contributed by atoms with E-state index in [1.54, 1.807) is 35.8 Å². The number of nitrogens with zero attached hydrogens (tertiary/aromatic N) is 4. The lowest BCUT2D eigenvalue weighted by Gasteiger charge is -2.06. The lowest BCUT2D eigenvalue weighted by Crippen LogP contribution is -2.02. The molecule has 23 heavy (non-hydrogen) atoms. The Bertz CT molecular complexity index is 827. The molecule has 0 radical (unpaired) electrons. The van der Waals surface area contributed by atoms with Crippen LogP contribution in [0.3, 0.4) is 0 Å². The molecule has 0 aliphatic carbocycles. The van der Waals surface area contributed by atoms with Gasteiger partial charge in [0.05, 0.1) is 4.92 Å². The second kappa shape index (κ2) is 6.90. The van der Waals surface area contributed by atoms with Crippen LogP contribution >= 0.6 is 34.7 Å². The van der Waals surface area contributed by atoms with Gasteiger partial charge in [-0.05, 0) is 24.3 Å². The third-order valence-corrected chi connectivity index (χ3v) is 4.60. The van der Waals surface area contributed by atoms with Gasteiger partial charge in [-0.1, -0.05) is 23.4 Å². The first-order chi connectivity index (χ1) is 11.1. The van der Waals surface area contributed by atoms with Gasteiger partial charge in [-0.3, -0.25) is 10.1 Å². The Morgan fingerprint density at radius 2 is 2.00 bits per heavy atom. The Hall–Kier alpha value is -2.23. The Labute approximate surface area is 143 Å². The number of anilines is 2. The zero-order chi connectivity index (χ0) is 16.2. The first-order valence-electron chi connectivity index (χ1n) is 6.23. The lowest BCUT2D eigenvalue weighted by molar-refractivity contribution is -0.387. The van der Waals surface area contributed by atoms with Crippen molar-refractivity contribution in [2.24, 2.45) is 0 Å². The van der Waals surface area contributed by atoms with Crippen molar-refractivity contribution in [3.05, 3.63) is 57.3 Å². The summed E-state index contributed by atoms with van der Waals surface area (Å²) in [5.74, 6) is 0.108. The fourth-order valence-electron chi connectivity index (χ4n) is 1.69. The van der Waals surface area contributed by atoms with E-state index in [0.29, 0.717) is 10.2 Å². The van der Waals surface area contributed by atoms with Crippen molar-refractivity contribution in [3.63, 3.8) is 0 Å². The maximum atomic E-state index is 11.4. The topological polar surface area (TPSA) is 93.8 Å². The molecule has 0 saturated heterocycles. The van der Waals surface area contributed by atoms with Crippen molar-refractivity contribution in [3.8, 4) is 0 Å². The second-order valence-corrected chi connectivity index (χ2v) is 6.54. The van der Waals surface area contributed by atoms with Crippen LogP contribution in [-0.2, 0) is 0 Å². The molecule has 116 valence electrons. The highest BCUT2D eigenvalue weighted by Crippen LogP contribution is 2.37. The molecular weight excluding hydrogens is 358 g/mol. The summed E-state index contributed by atoms with van der Waals surface area (Å²) in [6, 6.07) is 6.97. The van der Waals surface area contributed by atoms with Crippen LogP contribution in [0.4, 0.5) is 16.6 Å². The Kier molecular flexibility index (Phi) is 4.70. The number of benzene rings is 1. The lowest BCUT2D eigenvalue weighted by atomic mass is 10.4. The van der Waals surface area contributed by atoms with E-state index in [0.717, 1.165) is 4.90 Å². The van der Waals surface area contributed by atoms with Crippen molar-refractivity contribution >= 4 is 51.3 Å². The molecule has 3 rings (SSSR count). The van der Waals surface area contributed by atoms with Gasteiger partial charge >= 0.3 is 5.69 Å². The quantitative estimate of drug-likeness (QED) is 0.407. The minimum atomic E-state index is -0.506. The van der Waals surface area contributed by atoms with Gasteiger partial charge in [-0.2, -0.15) is 0 Å². The monoisotopic (exact) mass is 365 g/mol. The van der Waals surface area contributed by atoms with Gasteiger partial charge in [0, 0.05) is 21.5 Å². The molecule has 0 aliphatic heterocycles. The number of halogens is 1. The van der Waals surface area contributed by atoms with Crippen LogP contribution < -0.4 is 5.32 Å². The smallest absolute Gasteiger partial charge is 0.310 e. The second-order valence-electron chi connectivity index (χ2n) is 4.15. The molecular formula is C13H8ClN5O2S2. The normalized spacial score (nSPS) is 10.5. The zero-order valence-corrected chi connectivity index (χ0v) is 13.7. The van der Waals surface area contributed by atoms with E-state index in [-0.39, 0.29) is 16.5 Å². The molecule has 0 saturated carbocycles. The van der Waals surface area contributed by atoms with Crippen LogP contribution in [0.25, 0.3) is 0 Å². The number of aromatic nitrogens is 3. The first-order valence-corrected chi connectivity index (χ1v) is 8.30. The molecule has 2 aromatic heterocycles. The first kappa shape index (κ1) is 15.7. The summed E-state index contributed by atoms with van der Waals surface area (Å²) in [6.45, 7) is 0. The largest absolute Gasteiger partial charge is 0.344 e. The summed E-state index contributed by atoms with van der Waals surface area (Å²) < 4.78 is 0. The highest BCUT2D eigenvalue weighted by Gasteiger charge is 2.24. The maximum Gasteiger partial charge on any atom is 0.344 e. The van der Waals surface area contributed by atoms with Crippen LogP contribution in [-0.4, -0.2) is 19.9 Å². The summed E-state index contributed by atoms with van der Waals surface area (Å²) in [4.78, 5) is 23.8. The van der Waals surface area contributed by atoms with Gasteiger partial charge in [-0.25, -0.2) is 15.0 Å². The highest BCUT2D eigenvalue weighted by molar-refractivity contribution is 7.99. The number of rotatable bonds is 5. The average Bonchev–Trinajstić information content (AvgIpc) is 3.02. The molecule has 1 aromatic carbocycles. The Morgan fingerprint density at radius 3 is 2.65 bits per heavy atom. The van der Waals surface area contributed by atoms with Crippen LogP contribution in [0.1, 0.15) is 0 Å². The van der Waals surface area contributed by atoms with E-state index in [1.165, 1.54) is 29.4 Å². The van der Waals surface area contributed by atoms with Crippen LogP contribution in [0.2, 0.25) is 5.02 Å². The van der Waals surface area contributed by atoms with Gasteiger partial charge in [-0.15, -0.1) is 11.3 Å². The predicted octanol–water partition coefficient (Wildman–Crippen LogP) is 4.39. The molecule has 0 atom stereocenters. The van der Waals surface area contributed by atoms with E-state index >= 15 is 0 Å². The maximum absolute atomic E-state index is 11.4. The summed E-state index contributed by atoms with van der Waals surface area (Å²) in [5.41, 5.74) is -0.192. The SMILES string of the molecule is O=[N+]([O-])c1c(Nc2nccs2)ncnc1Sc1ccc(Cl)cc1. The Morgan fingerprint density at radius 1 is 1.22 bits per heavy atom. The molecule has 0 bridgehead atoms. The molecule has 0 fully saturated rings. The molecule has 7 nitrogen and oxygen atoms in total. The van der Waals surface area contributed by atoms with E-state index in [4.69, 9.17) is 11.6 Å². The van der Waals surface area contributed by atoms with E-state index in [2.05, 4.69) is 20.3 Å². The highest BCUT2D eigenvalue weighted by atomic mass is 35.5. The molecule has 0 unspecified atom stereocenters. The fourth-order valence-corrected chi connectivity index (χ4v) is 3.21. The van der Waals surface area contributed by atoms with Gasteiger partial charge in [0.2, 0.25) is 5.82 Å². The number of hydrogen-bond acceptors (Lipinski definition) is 8. The minimum absolute atomic E-state index is 0.108. The number of thiazole rings is 1. The number of nitro groups is 1. The van der Waals surface area contributed by atoms with Gasteiger partial charge in [0.25, 0.3) is 0 Å². The van der Waals surface area contributed by atoms with Crippen LogP contribution in [0.15, 0.2) is 52.1 Å². The van der Waals surface area contributed by atoms with Crippen molar-refractivity contribution in [1.29, 1.82) is 0 Å². The van der Waals surface area contributed by atoms with Gasteiger partial charge in [0.1, 0.15) is 6.33 Å². The predicted molar refractivity (Wildman–Crippen MR) is 89.7 cm³/mol. The Balaban J connectivity index is 1.96. The molecule has 3 aromatic rings. The van der Waals surface area contributed by atoms with E-state index in [9.17, 15) is 10.1 Å². The molecule has 0 spiro atoms. The standard InChI is InChI=1S/C13H8ClN5O2S2/c14-8-1-3-9(4-2-8)23-12-10(19(20)21)11(16-7-17-12)18-13-15-5-6-22-13/h1-7H,(H,15,16,17,18). The minimum Gasteiger partial charge on any atom is -0.310 e. The van der Waals surface area contributed by atoms with E-state index < -0.39 is 4.92 Å². The summed E-state index contributed by atoms with van der Waals surface area (Å²) in [6.07, 6.45) is 2.88. The molecule has 0 aliphatic rings. The number of nitrogens with one attached hydrogen (secondary N) is 1. The summed E-state index contributed by atoms with van der Waals surface area (Å²) in [7, 11) is 0. The molecule has 1 N–H and O–H groups in total. The van der Waals surface area contributed by atoms with Gasteiger partial charge in [0.15, 0.2) is 10.2 Å². The third-order valence-electron chi connectivity index (χ3n) is 2.66. The molecule has 10 heteroatoms. The van der Waals surface area contributed by atoms with Crippen molar-refractivity contribution in [1.82, 2.24) is 15.0 Å². The van der Waals surface area contributed by atoms with Crippen molar-refractivity contribution < 1.29 is 4.92 Å². The van der Waals surface area contributed by atoms with Crippen molar-refractivity contribution in [2.45, 2.75) is 9.92 Å². The van der Waals surface area contributed by atoms with Gasteiger partial charge < -0.3 is 5.32 Å². The zero-order valence-electron chi connectivity index (χ0n) is 11.3. The van der Waals surface area contributed by atoms with Crippen molar-refractivity contribution in [2.75, 3.05) is 5.32 Å². The van der Waals surface area contributed by atoms with Crippen LogP contribution in [0.5, 0.6) is 0 Å². The summed E-state index contributed by atoms with van der Waals surface area (Å²) >= 11 is 8.33. The fraction of sp³-hybridized carbons (Fsp3) is 0. The van der Waals surface area contributed by atoms with Crippen LogP contribution in [0, 0.1) is 10.1 Å². The molecule has 0 amide bonds. The number of hydrogen-bond donors (Lipinski definition) is 1. The average molecular weight is 366 g/mol. The third kappa shape index (κ3) is 3.76. The summed E-state index contributed by atoms with van der Waals surface area (Å²) in [5, 5.41) is 17.4. The van der Waals surface area contributed by atoms with E-state index in [1.807, 2.05) is 0 Å².